The van der Waals surface area contributed by atoms with Crippen molar-refractivity contribution in [2.45, 2.75) is 30.8 Å². The average molecular weight is 264 g/mol. The molecule has 1 aromatic rings. The number of Topliss-reactive ketones (excluding diaryl/α,β-unsaturated/α-hetero) is 1. The zero-order chi connectivity index (χ0) is 14.0. The van der Waals surface area contributed by atoms with Crippen LogP contribution in [0.1, 0.15) is 29.6 Å². The molecule has 0 saturated heterocycles. The van der Waals surface area contributed by atoms with E-state index in [1.807, 2.05) is 0 Å². The highest BCUT2D eigenvalue weighted by Gasteiger charge is 2.44. The van der Waals surface area contributed by atoms with E-state index >= 15 is 0 Å². The highest BCUT2D eigenvalue weighted by molar-refractivity contribution is 6.04. The summed E-state index contributed by atoms with van der Waals surface area (Å²) >= 11 is 0. The molecule has 0 spiro atoms. The third-order valence-corrected chi connectivity index (χ3v) is 3.80. The Labute approximate surface area is 112 Å². The summed E-state index contributed by atoms with van der Waals surface area (Å²) in [4.78, 5) is 12.6. The number of rotatable bonds is 4. The normalized spacial score (nSPS) is 26.2. The molecule has 0 bridgehead atoms. The Bertz CT molecular complexity index is 467. The molecule has 2 atom stereocenters. The maximum absolute atomic E-state index is 12.6. The van der Waals surface area contributed by atoms with Gasteiger partial charge < -0.3 is 20.9 Å². The molecule has 0 radical (unpaired) electrons. The molecule has 1 aliphatic carbocycles. The van der Waals surface area contributed by atoms with Crippen molar-refractivity contribution in [2.75, 3.05) is 14.2 Å². The Morgan fingerprint density at radius 3 is 2.26 bits per heavy atom. The quantitative estimate of drug-likeness (QED) is 0.795. The standard InChI is InChI=1S/C14H20N2O3/c1-18-10-6-9(7-11(8-10)19-2)13(17)14(16)5-3-4-12(14)15/h6-8,12H,3-5,15-16H2,1-2H3. The van der Waals surface area contributed by atoms with Gasteiger partial charge in [-0.25, -0.2) is 0 Å². The number of nitrogens with two attached hydrogens (primary N) is 2. The van der Waals surface area contributed by atoms with Crippen LogP contribution in [0.25, 0.3) is 0 Å². The van der Waals surface area contributed by atoms with Crippen LogP contribution in [0.15, 0.2) is 18.2 Å². The van der Waals surface area contributed by atoms with Crippen molar-refractivity contribution >= 4 is 5.78 Å². The number of carbonyl (C=O) groups is 1. The molecule has 0 aliphatic heterocycles. The predicted molar refractivity (Wildman–Crippen MR) is 72.6 cm³/mol. The molecule has 0 aromatic heterocycles. The number of hydrogen-bond donors (Lipinski definition) is 2. The molecule has 1 fully saturated rings. The summed E-state index contributed by atoms with van der Waals surface area (Å²) in [6.45, 7) is 0. The van der Waals surface area contributed by atoms with Crippen LogP contribution in [-0.4, -0.2) is 31.6 Å². The first-order valence-electron chi connectivity index (χ1n) is 6.33. The number of methoxy groups -OCH3 is 2. The molecule has 0 amide bonds. The van der Waals surface area contributed by atoms with Crippen LogP contribution in [0.2, 0.25) is 0 Å². The minimum atomic E-state index is -0.975. The predicted octanol–water partition coefficient (Wildman–Crippen LogP) is 1.10. The van der Waals surface area contributed by atoms with Gasteiger partial charge in [0.2, 0.25) is 0 Å². The van der Waals surface area contributed by atoms with E-state index in [2.05, 4.69) is 0 Å². The van der Waals surface area contributed by atoms with Crippen molar-refractivity contribution in [1.29, 1.82) is 0 Å². The third-order valence-electron chi connectivity index (χ3n) is 3.80. The van der Waals surface area contributed by atoms with Crippen LogP contribution in [0.4, 0.5) is 0 Å². The largest absolute Gasteiger partial charge is 0.497 e. The molecule has 1 aliphatic rings. The second-order valence-electron chi connectivity index (χ2n) is 4.97. The average Bonchev–Trinajstić information content (AvgIpc) is 2.78. The lowest BCUT2D eigenvalue weighted by Crippen LogP contribution is -2.57. The van der Waals surface area contributed by atoms with Gasteiger partial charge in [-0.05, 0) is 31.4 Å². The molecule has 1 saturated carbocycles. The summed E-state index contributed by atoms with van der Waals surface area (Å²) in [5.74, 6) is 0.991. The van der Waals surface area contributed by atoms with Gasteiger partial charge in [-0.15, -0.1) is 0 Å². The van der Waals surface area contributed by atoms with Gasteiger partial charge in [0.05, 0.1) is 19.8 Å². The number of carbonyl (C=O) groups excluding carboxylic acids is 1. The van der Waals surface area contributed by atoms with Crippen molar-refractivity contribution in [3.63, 3.8) is 0 Å². The van der Waals surface area contributed by atoms with E-state index in [9.17, 15) is 4.79 Å². The zero-order valence-corrected chi connectivity index (χ0v) is 11.3. The van der Waals surface area contributed by atoms with E-state index in [0.717, 1.165) is 12.8 Å². The Kier molecular flexibility index (Phi) is 3.78. The smallest absolute Gasteiger partial charge is 0.184 e. The van der Waals surface area contributed by atoms with Crippen LogP contribution in [-0.2, 0) is 0 Å². The second kappa shape index (κ2) is 5.19. The fourth-order valence-electron chi connectivity index (χ4n) is 2.55. The molecule has 19 heavy (non-hydrogen) atoms. The lowest BCUT2D eigenvalue weighted by molar-refractivity contribution is 0.0879. The molecule has 5 heteroatoms. The van der Waals surface area contributed by atoms with E-state index in [1.165, 1.54) is 0 Å². The molecular formula is C14H20N2O3. The Hall–Kier alpha value is -1.59. The minimum Gasteiger partial charge on any atom is -0.497 e. The monoisotopic (exact) mass is 264 g/mol. The van der Waals surface area contributed by atoms with Crippen LogP contribution in [0.5, 0.6) is 11.5 Å². The summed E-state index contributed by atoms with van der Waals surface area (Å²) in [7, 11) is 3.09. The van der Waals surface area contributed by atoms with Crippen LogP contribution < -0.4 is 20.9 Å². The number of ketones is 1. The summed E-state index contributed by atoms with van der Waals surface area (Å²) in [5, 5.41) is 0. The van der Waals surface area contributed by atoms with Crippen molar-refractivity contribution in [2.24, 2.45) is 11.5 Å². The van der Waals surface area contributed by atoms with Crippen LogP contribution in [0, 0.1) is 0 Å². The summed E-state index contributed by atoms with van der Waals surface area (Å²) in [5.41, 5.74) is 11.7. The van der Waals surface area contributed by atoms with Gasteiger partial charge in [-0.3, -0.25) is 4.79 Å². The van der Waals surface area contributed by atoms with Gasteiger partial charge in [0, 0.05) is 17.7 Å². The molecule has 4 N–H and O–H groups in total. The highest BCUT2D eigenvalue weighted by atomic mass is 16.5. The molecule has 2 unspecified atom stereocenters. The maximum atomic E-state index is 12.6. The first-order valence-corrected chi connectivity index (χ1v) is 6.33. The van der Waals surface area contributed by atoms with Gasteiger partial charge in [0.1, 0.15) is 11.5 Å². The van der Waals surface area contributed by atoms with Crippen molar-refractivity contribution in [1.82, 2.24) is 0 Å². The van der Waals surface area contributed by atoms with Gasteiger partial charge in [-0.2, -0.15) is 0 Å². The van der Waals surface area contributed by atoms with E-state index in [0.29, 0.717) is 23.5 Å². The highest BCUT2D eigenvalue weighted by Crippen LogP contribution is 2.32. The topological polar surface area (TPSA) is 87.6 Å². The fourth-order valence-corrected chi connectivity index (χ4v) is 2.55. The summed E-state index contributed by atoms with van der Waals surface area (Å²) < 4.78 is 10.3. The van der Waals surface area contributed by atoms with Gasteiger partial charge in [0.25, 0.3) is 0 Å². The van der Waals surface area contributed by atoms with Crippen molar-refractivity contribution in [3.8, 4) is 11.5 Å². The molecule has 0 heterocycles. The lowest BCUT2D eigenvalue weighted by atomic mass is 9.85. The van der Waals surface area contributed by atoms with E-state index in [-0.39, 0.29) is 11.8 Å². The maximum Gasteiger partial charge on any atom is 0.184 e. The number of benzene rings is 1. The molecule has 2 rings (SSSR count). The van der Waals surface area contributed by atoms with Gasteiger partial charge in [-0.1, -0.05) is 0 Å². The fraction of sp³-hybridized carbons (Fsp3) is 0.500. The summed E-state index contributed by atoms with van der Waals surface area (Å²) in [6.07, 6.45) is 2.28. The molecular weight excluding hydrogens is 244 g/mol. The molecule has 104 valence electrons. The summed E-state index contributed by atoms with van der Waals surface area (Å²) in [6, 6.07) is 4.76. The SMILES string of the molecule is COc1cc(OC)cc(C(=O)C2(N)CCCC2N)c1. The second-order valence-corrected chi connectivity index (χ2v) is 4.97. The Morgan fingerprint density at radius 2 is 1.84 bits per heavy atom. The first kappa shape index (κ1) is 13.8. The first-order chi connectivity index (χ1) is 9.01. The zero-order valence-electron chi connectivity index (χ0n) is 11.3. The van der Waals surface area contributed by atoms with Crippen molar-refractivity contribution < 1.29 is 14.3 Å². The minimum absolute atomic E-state index is 0.144. The van der Waals surface area contributed by atoms with Crippen LogP contribution >= 0.6 is 0 Å². The molecule has 1 aromatic carbocycles. The van der Waals surface area contributed by atoms with Crippen LogP contribution in [0.3, 0.4) is 0 Å². The van der Waals surface area contributed by atoms with E-state index in [4.69, 9.17) is 20.9 Å². The van der Waals surface area contributed by atoms with Gasteiger partial charge in [0.15, 0.2) is 5.78 Å². The third kappa shape index (κ3) is 2.43. The Morgan fingerprint density at radius 1 is 1.26 bits per heavy atom. The van der Waals surface area contributed by atoms with Gasteiger partial charge >= 0.3 is 0 Å². The molecule has 5 nitrogen and oxygen atoms in total. The number of hydrogen-bond acceptors (Lipinski definition) is 5. The van der Waals surface area contributed by atoms with E-state index in [1.54, 1.807) is 32.4 Å². The Balaban J connectivity index is 2.38. The number of ether oxygens (including phenoxy) is 2. The van der Waals surface area contributed by atoms with Crippen molar-refractivity contribution in [3.05, 3.63) is 23.8 Å². The van der Waals surface area contributed by atoms with E-state index < -0.39 is 5.54 Å². The lowest BCUT2D eigenvalue weighted by Gasteiger charge is -2.27.